The summed E-state index contributed by atoms with van der Waals surface area (Å²) in [5, 5.41) is 3.10. The van der Waals surface area contributed by atoms with Crippen LogP contribution in [0.4, 0.5) is 0 Å². The van der Waals surface area contributed by atoms with E-state index in [4.69, 9.17) is 10.5 Å². The number of nitrogens with two attached hydrogens (primary N) is 1. The molecule has 0 saturated carbocycles. The topological polar surface area (TPSA) is 64.4 Å². The molecule has 0 aromatic carbocycles. The van der Waals surface area contributed by atoms with Crippen LogP contribution in [0.25, 0.3) is 0 Å². The number of amides is 1. The Morgan fingerprint density at radius 1 is 1.41 bits per heavy atom. The molecule has 1 aliphatic heterocycles. The Morgan fingerprint density at radius 2 is 1.94 bits per heavy atom. The molecule has 4 nitrogen and oxygen atoms in total. The molecule has 0 radical (unpaired) electrons. The first kappa shape index (κ1) is 14.5. The second-order valence-corrected chi connectivity index (χ2v) is 6.40. The zero-order valence-electron chi connectivity index (χ0n) is 11.5. The molecule has 1 saturated heterocycles. The molecule has 0 aliphatic carbocycles. The maximum Gasteiger partial charge on any atom is 0.221 e. The van der Waals surface area contributed by atoms with Crippen molar-refractivity contribution in [2.75, 3.05) is 13.2 Å². The Labute approximate surface area is 104 Å². The van der Waals surface area contributed by atoms with Crippen LogP contribution in [0.3, 0.4) is 0 Å². The van der Waals surface area contributed by atoms with E-state index in [9.17, 15) is 4.79 Å². The van der Waals surface area contributed by atoms with Crippen LogP contribution in [-0.4, -0.2) is 30.7 Å². The summed E-state index contributed by atoms with van der Waals surface area (Å²) >= 11 is 0. The molecule has 0 bridgehead atoms. The van der Waals surface area contributed by atoms with Crippen molar-refractivity contribution in [3.63, 3.8) is 0 Å². The van der Waals surface area contributed by atoms with Crippen LogP contribution >= 0.6 is 0 Å². The predicted octanol–water partition coefficient (Wildman–Crippen LogP) is 1.44. The van der Waals surface area contributed by atoms with E-state index in [0.29, 0.717) is 6.42 Å². The van der Waals surface area contributed by atoms with Crippen molar-refractivity contribution in [2.24, 2.45) is 11.1 Å². The van der Waals surface area contributed by atoms with Crippen LogP contribution in [0.5, 0.6) is 0 Å². The van der Waals surface area contributed by atoms with Crippen LogP contribution in [0.1, 0.15) is 47.0 Å². The number of ether oxygens (including phenoxy) is 1. The molecule has 1 atom stereocenters. The van der Waals surface area contributed by atoms with E-state index in [-0.39, 0.29) is 22.9 Å². The average Bonchev–Trinajstić information content (AvgIpc) is 2.15. The minimum absolute atomic E-state index is 0.0338. The molecule has 1 heterocycles. The number of hydrogen-bond donors (Lipinski definition) is 2. The summed E-state index contributed by atoms with van der Waals surface area (Å²) in [6.45, 7) is 9.70. The summed E-state index contributed by atoms with van der Waals surface area (Å²) in [6.07, 6.45) is 2.15. The van der Waals surface area contributed by atoms with Gasteiger partial charge in [0.05, 0.1) is 0 Å². The lowest BCUT2D eigenvalue weighted by Gasteiger charge is -2.35. The van der Waals surface area contributed by atoms with Crippen molar-refractivity contribution >= 4 is 5.91 Å². The Bertz CT molecular complexity index is 265. The lowest BCUT2D eigenvalue weighted by Crippen LogP contribution is -2.51. The van der Waals surface area contributed by atoms with Gasteiger partial charge in [0.2, 0.25) is 5.91 Å². The van der Waals surface area contributed by atoms with E-state index in [0.717, 1.165) is 26.1 Å². The Morgan fingerprint density at radius 3 is 2.41 bits per heavy atom. The van der Waals surface area contributed by atoms with Gasteiger partial charge in [0.25, 0.3) is 0 Å². The molecule has 1 fully saturated rings. The van der Waals surface area contributed by atoms with Crippen molar-refractivity contribution in [3.8, 4) is 0 Å². The molecule has 1 rings (SSSR count). The van der Waals surface area contributed by atoms with E-state index in [1.54, 1.807) is 0 Å². The number of nitrogens with one attached hydrogen (secondary N) is 1. The monoisotopic (exact) mass is 242 g/mol. The highest BCUT2D eigenvalue weighted by atomic mass is 16.5. The van der Waals surface area contributed by atoms with Gasteiger partial charge in [0, 0.05) is 31.2 Å². The van der Waals surface area contributed by atoms with Crippen molar-refractivity contribution < 1.29 is 9.53 Å². The highest BCUT2D eigenvalue weighted by Gasteiger charge is 2.30. The van der Waals surface area contributed by atoms with Gasteiger partial charge < -0.3 is 15.8 Å². The molecular weight excluding hydrogens is 216 g/mol. The summed E-state index contributed by atoms with van der Waals surface area (Å²) < 4.78 is 5.31. The Hall–Kier alpha value is -0.610. The van der Waals surface area contributed by atoms with Gasteiger partial charge in [0.1, 0.15) is 0 Å². The molecule has 3 N–H and O–H groups in total. The Kier molecular flexibility index (Phi) is 4.55. The van der Waals surface area contributed by atoms with Gasteiger partial charge in [-0.05, 0) is 25.2 Å². The fourth-order valence-corrected chi connectivity index (χ4v) is 1.84. The number of carbonyl (C=O) groups is 1. The van der Waals surface area contributed by atoms with Crippen molar-refractivity contribution in [3.05, 3.63) is 0 Å². The van der Waals surface area contributed by atoms with Crippen molar-refractivity contribution in [1.82, 2.24) is 5.32 Å². The van der Waals surface area contributed by atoms with Gasteiger partial charge >= 0.3 is 0 Å². The minimum Gasteiger partial charge on any atom is -0.381 e. The molecule has 0 aromatic rings. The van der Waals surface area contributed by atoms with Crippen LogP contribution in [0, 0.1) is 5.41 Å². The molecule has 100 valence electrons. The zero-order chi connectivity index (χ0) is 13.1. The van der Waals surface area contributed by atoms with Gasteiger partial charge in [-0.1, -0.05) is 20.8 Å². The third-order valence-corrected chi connectivity index (χ3v) is 3.56. The lowest BCUT2D eigenvalue weighted by atomic mass is 9.85. The molecule has 1 aliphatic rings. The third-order valence-electron chi connectivity index (χ3n) is 3.56. The maximum absolute atomic E-state index is 11.9. The first-order valence-corrected chi connectivity index (χ1v) is 6.37. The average molecular weight is 242 g/mol. The van der Waals surface area contributed by atoms with Crippen LogP contribution < -0.4 is 11.1 Å². The smallest absolute Gasteiger partial charge is 0.221 e. The summed E-state index contributed by atoms with van der Waals surface area (Å²) in [5.74, 6) is 0.0526. The highest BCUT2D eigenvalue weighted by molar-refractivity contribution is 5.77. The lowest BCUT2D eigenvalue weighted by molar-refractivity contribution is -0.124. The van der Waals surface area contributed by atoms with E-state index in [1.165, 1.54) is 0 Å². The molecule has 17 heavy (non-hydrogen) atoms. The standard InChI is InChI=1S/C13H26N2O2/c1-12(2,3)10(14)9-11(16)15-13(4)5-7-17-8-6-13/h10H,5-9,14H2,1-4H3,(H,15,16). The van der Waals surface area contributed by atoms with E-state index >= 15 is 0 Å². The van der Waals surface area contributed by atoms with Gasteiger partial charge in [-0.25, -0.2) is 0 Å². The Balaban J connectivity index is 2.43. The third kappa shape index (κ3) is 4.64. The molecule has 1 unspecified atom stereocenters. The van der Waals surface area contributed by atoms with Crippen LogP contribution in [0.2, 0.25) is 0 Å². The van der Waals surface area contributed by atoms with Gasteiger partial charge in [0.15, 0.2) is 0 Å². The highest BCUT2D eigenvalue weighted by Crippen LogP contribution is 2.22. The molecule has 1 amide bonds. The van der Waals surface area contributed by atoms with E-state index < -0.39 is 0 Å². The summed E-state index contributed by atoms with van der Waals surface area (Å²) in [4.78, 5) is 11.9. The number of carbonyl (C=O) groups excluding carboxylic acids is 1. The molecular formula is C13H26N2O2. The zero-order valence-corrected chi connectivity index (χ0v) is 11.5. The largest absolute Gasteiger partial charge is 0.381 e. The van der Waals surface area contributed by atoms with Crippen LogP contribution in [0.15, 0.2) is 0 Å². The van der Waals surface area contributed by atoms with Crippen molar-refractivity contribution in [2.45, 2.75) is 58.5 Å². The second kappa shape index (κ2) is 5.36. The first-order chi connectivity index (χ1) is 7.73. The normalized spacial score (nSPS) is 21.9. The van der Waals surface area contributed by atoms with E-state index in [1.807, 2.05) is 0 Å². The number of hydrogen-bond acceptors (Lipinski definition) is 3. The fourth-order valence-electron chi connectivity index (χ4n) is 1.84. The minimum atomic E-state index is -0.118. The number of rotatable bonds is 3. The quantitative estimate of drug-likeness (QED) is 0.787. The van der Waals surface area contributed by atoms with E-state index in [2.05, 4.69) is 33.0 Å². The predicted molar refractivity (Wildman–Crippen MR) is 68.6 cm³/mol. The SMILES string of the molecule is CC1(NC(=O)CC(N)C(C)(C)C)CCOCC1. The molecule has 4 heteroatoms. The molecule has 0 aromatic heterocycles. The summed E-state index contributed by atoms with van der Waals surface area (Å²) in [5.41, 5.74) is 5.86. The summed E-state index contributed by atoms with van der Waals surface area (Å²) in [7, 11) is 0. The second-order valence-electron chi connectivity index (χ2n) is 6.40. The van der Waals surface area contributed by atoms with Crippen molar-refractivity contribution in [1.29, 1.82) is 0 Å². The van der Waals surface area contributed by atoms with Gasteiger partial charge in [-0.2, -0.15) is 0 Å². The fraction of sp³-hybridized carbons (Fsp3) is 0.923. The van der Waals surface area contributed by atoms with Crippen LogP contribution in [-0.2, 0) is 9.53 Å². The maximum atomic E-state index is 11.9. The van der Waals surface area contributed by atoms with Gasteiger partial charge in [-0.15, -0.1) is 0 Å². The summed E-state index contributed by atoms with van der Waals surface area (Å²) in [6, 6.07) is -0.106. The first-order valence-electron chi connectivity index (χ1n) is 6.37. The van der Waals surface area contributed by atoms with Gasteiger partial charge in [-0.3, -0.25) is 4.79 Å². The molecule has 0 spiro atoms.